The van der Waals surface area contributed by atoms with Crippen LogP contribution >= 0.6 is 0 Å². The van der Waals surface area contributed by atoms with Crippen LogP contribution in [0.3, 0.4) is 0 Å². The molecule has 1 N–H and O–H groups in total. The maximum atomic E-state index is 11.5. The lowest BCUT2D eigenvalue weighted by Crippen LogP contribution is -2.19. The Morgan fingerprint density at radius 1 is 0.857 bits per heavy atom. The maximum Gasteiger partial charge on any atom is 0.307 e. The molecule has 0 aliphatic heterocycles. The molecule has 0 aliphatic rings. The van der Waals surface area contributed by atoms with E-state index in [0.717, 1.165) is 11.1 Å². The number of benzene rings is 2. The molecule has 0 spiro atoms. The van der Waals surface area contributed by atoms with Crippen molar-refractivity contribution in [3.05, 3.63) is 70.3 Å². The van der Waals surface area contributed by atoms with E-state index in [2.05, 4.69) is 18.2 Å². The van der Waals surface area contributed by atoms with Crippen molar-refractivity contribution in [2.75, 3.05) is 0 Å². The summed E-state index contributed by atoms with van der Waals surface area (Å²) in [4.78, 5) is 11.5. The number of hydrogen-bond donors (Lipinski definition) is 1. The van der Waals surface area contributed by atoms with Gasteiger partial charge in [-0.3, -0.25) is 4.79 Å². The second kappa shape index (κ2) is 6.57. The summed E-state index contributed by atoms with van der Waals surface area (Å²) in [6.07, 6.45) is 1.15. The van der Waals surface area contributed by atoms with Crippen LogP contribution in [0.25, 0.3) is 0 Å². The Hall–Kier alpha value is -2.09. The molecule has 0 bridgehead atoms. The fourth-order valence-corrected chi connectivity index (χ4v) is 2.73. The third-order valence-electron chi connectivity index (χ3n) is 3.72. The first-order chi connectivity index (χ1) is 9.94. The van der Waals surface area contributed by atoms with Gasteiger partial charge in [0.1, 0.15) is 0 Å². The summed E-state index contributed by atoms with van der Waals surface area (Å²) in [5.74, 6) is -1.11. The lowest BCUT2D eigenvalue weighted by Gasteiger charge is -2.14. The highest BCUT2D eigenvalue weighted by atomic mass is 16.4. The van der Waals surface area contributed by atoms with Crippen LogP contribution in [0.15, 0.2) is 42.5 Å². The van der Waals surface area contributed by atoms with Gasteiger partial charge in [0, 0.05) is 0 Å². The average molecular weight is 282 g/mol. The first-order valence-electron chi connectivity index (χ1n) is 7.29. The van der Waals surface area contributed by atoms with Gasteiger partial charge in [0.2, 0.25) is 0 Å². The predicted molar refractivity (Wildman–Crippen MR) is 85.6 cm³/mol. The molecule has 2 heteroatoms. The Bertz CT molecular complexity index is 606. The molecule has 110 valence electrons. The number of hydrogen-bond acceptors (Lipinski definition) is 1. The van der Waals surface area contributed by atoms with Crippen molar-refractivity contribution < 1.29 is 9.90 Å². The standard InChI is InChI=1S/C19H22O2/c1-13-4-6-16(7-5-13)11-18(19(20)21)12-17-9-14(2)8-15(3)10-17/h4-10,18H,11-12H2,1-3H3,(H,20,21). The zero-order valence-electron chi connectivity index (χ0n) is 12.9. The van der Waals surface area contributed by atoms with Gasteiger partial charge in [0.05, 0.1) is 5.92 Å². The van der Waals surface area contributed by atoms with Crippen molar-refractivity contribution in [1.29, 1.82) is 0 Å². The van der Waals surface area contributed by atoms with E-state index < -0.39 is 5.97 Å². The second-order valence-corrected chi connectivity index (χ2v) is 5.92. The molecular weight excluding hydrogens is 260 g/mol. The smallest absolute Gasteiger partial charge is 0.307 e. The fraction of sp³-hybridized carbons (Fsp3) is 0.316. The van der Waals surface area contributed by atoms with Crippen LogP contribution in [0.4, 0.5) is 0 Å². The summed E-state index contributed by atoms with van der Waals surface area (Å²) >= 11 is 0. The third kappa shape index (κ3) is 4.45. The van der Waals surface area contributed by atoms with Gasteiger partial charge in [-0.2, -0.15) is 0 Å². The van der Waals surface area contributed by atoms with Crippen LogP contribution in [-0.2, 0) is 17.6 Å². The van der Waals surface area contributed by atoms with E-state index in [4.69, 9.17) is 0 Å². The molecule has 0 saturated heterocycles. The summed E-state index contributed by atoms with van der Waals surface area (Å²) in [5.41, 5.74) is 5.75. The number of rotatable bonds is 5. The molecule has 21 heavy (non-hydrogen) atoms. The number of carboxylic acids is 1. The van der Waals surface area contributed by atoms with Gasteiger partial charge < -0.3 is 5.11 Å². The lowest BCUT2D eigenvalue weighted by molar-refractivity contribution is -0.141. The van der Waals surface area contributed by atoms with Gasteiger partial charge in [-0.1, -0.05) is 59.2 Å². The van der Waals surface area contributed by atoms with Gasteiger partial charge in [-0.25, -0.2) is 0 Å². The zero-order valence-corrected chi connectivity index (χ0v) is 12.9. The van der Waals surface area contributed by atoms with Crippen molar-refractivity contribution >= 4 is 5.97 Å². The molecule has 2 nitrogen and oxygen atoms in total. The van der Waals surface area contributed by atoms with Crippen molar-refractivity contribution in [3.8, 4) is 0 Å². The van der Waals surface area contributed by atoms with E-state index in [9.17, 15) is 9.90 Å². The fourth-order valence-electron chi connectivity index (χ4n) is 2.73. The van der Waals surface area contributed by atoms with Crippen molar-refractivity contribution in [1.82, 2.24) is 0 Å². The maximum absolute atomic E-state index is 11.5. The quantitative estimate of drug-likeness (QED) is 0.896. The highest BCUT2D eigenvalue weighted by molar-refractivity contribution is 5.71. The van der Waals surface area contributed by atoms with Gasteiger partial charge in [-0.15, -0.1) is 0 Å². The second-order valence-electron chi connectivity index (χ2n) is 5.92. The molecular formula is C19H22O2. The van der Waals surface area contributed by atoms with E-state index in [0.29, 0.717) is 12.8 Å². The van der Waals surface area contributed by atoms with E-state index in [1.807, 2.05) is 45.0 Å². The summed E-state index contributed by atoms with van der Waals surface area (Å²) < 4.78 is 0. The Morgan fingerprint density at radius 2 is 1.38 bits per heavy atom. The molecule has 0 heterocycles. The summed E-state index contributed by atoms with van der Waals surface area (Å²) in [6, 6.07) is 14.4. The first kappa shape index (κ1) is 15.3. The molecule has 0 amide bonds. The summed E-state index contributed by atoms with van der Waals surface area (Å²) in [5, 5.41) is 9.49. The van der Waals surface area contributed by atoms with E-state index in [-0.39, 0.29) is 5.92 Å². The number of aliphatic carboxylic acids is 1. The van der Waals surface area contributed by atoms with Crippen molar-refractivity contribution in [2.45, 2.75) is 33.6 Å². The van der Waals surface area contributed by atoms with Crippen LogP contribution < -0.4 is 0 Å². The molecule has 0 fully saturated rings. The SMILES string of the molecule is Cc1ccc(CC(Cc2cc(C)cc(C)c2)C(=O)O)cc1. The summed E-state index contributed by atoms with van der Waals surface area (Å²) in [7, 11) is 0. The molecule has 0 saturated carbocycles. The average Bonchev–Trinajstić information content (AvgIpc) is 2.39. The monoisotopic (exact) mass is 282 g/mol. The first-order valence-corrected chi connectivity index (χ1v) is 7.29. The number of aryl methyl sites for hydroxylation is 3. The summed E-state index contributed by atoms with van der Waals surface area (Å²) in [6.45, 7) is 6.13. The van der Waals surface area contributed by atoms with Crippen LogP contribution in [0, 0.1) is 26.7 Å². The van der Waals surface area contributed by atoms with E-state index >= 15 is 0 Å². The minimum Gasteiger partial charge on any atom is -0.481 e. The van der Waals surface area contributed by atoms with Crippen LogP contribution in [0.5, 0.6) is 0 Å². The molecule has 1 atom stereocenters. The van der Waals surface area contributed by atoms with Gasteiger partial charge in [0.15, 0.2) is 0 Å². The highest BCUT2D eigenvalue weighted by Gasteiger charge is 2.18. The van der Waals surface area contributed by atoms with Crippen LogP contribution in [-0.4, -0.2) is 11.1 Å². The Morgan fingerprint density at radius 3 is 1.90 bits per heavy atom. The van der Waals surface area contributed by atoms with Crippen molar-refractivity contribution in [2.24, 2.45) is 5.92 Å². The van der Waals surface area contributed by atoms with Gasteiger partial charge in [0.25, 0.3) is 0 Å². The molecule has 1 unspecified atom stereocenters. The Kier molecular flexibility index (Phi) is 4.79. The molecule has 0 radical (unpaired) electrons. The minimum atomic E-state index is -0.727. The van der Waals surface area contributed by atoms with Gasteiger partial charge in [-0.05, 0) is 44.7 Å². The minimum absolute atomic E-state index is 0.381. The third-order valence-corrected chi connectivity index (χ3v) is 3.72. The van der Waals surface area contributed by atoms with E-state index in [1.165, 1.54) is 16.7 Å². The number of carbonyl (C=O) groups is 1. The van der Waals surface area contributed by atoms with Crippen LogP contribution in [0.2, 0.25) is 0 Å². The largest absolute Gasteiger partial charge is 0.481 e. The highest BCUT2D eigenvalue weighted by Crippen LogP contribution is 2.18. The van der Waals surface area contributed by atoms with Crippen molar-refractivity contribution in [3.63, 3.8) is 0 Å². The topological polar surface area (TPSA) is 37.3 Å². The lowest BCUT2D eigenvalue weighted by atomic mass is 9.91. The molecule has 0 aromatic heterocycles. The molecule has 2 aromatic carbocycles. The zero-order chi connectivity index (χ0) is 15.4. The normalized spacial score (nSPS) is 12.1. The molecule has 0 aliphatic carbocycles. The number of carboxylic acid groups (broad SMARTS) is 1. The Labute approximate surface area is 126 Å². The molecule has 2 rings (SSSR count). The Balaban J connectivity index is 2.15. The van der Waals surface area contributed by atoms with Gasteiger partial charge >= 0.3 is 5.97 Å². The molecule has 2 aromatic rings. The van der Waals surface area contributed by atoms with E-state index in [1.54, 1.807) is 0 Å². The predicted octanol–water partition coefficient (Wildman–Crippen LogP) is 4.10. The van der Waals surface area contributed by atoms with Crippen LogP contribution in [0.1, 0.15) is 27.8 Å².